The van der Waals surface area contributed by atoms with E-state index in [1.165, 1.54) is 25.7 Å². The van der Waals surface area contributed by atoms with Gasteiger partial charge in [0.05, 0.1) is 25.7 Å². The summed E-state index contributed by atoms with van der Waals surface area (Å²) in [6, 6.07) is 19.0. The molecule has 0 saturated heterocycles. The van der Waals surface area contributed by atoms with Gasteiger partial charge >= 0.3 is 0 Å². The van der Waals surface area contributed by atoms with Crippen molar-refractivity contribution in [2.24, 2.45) is 5.92 Å². The fraction of sp³-hybridized carbons (Fsp3) is 0.412. The van der Waals surface area contributed by atoms with Crippen LogP contribution >= 0.6 is 11.6 Å². The molecule has 6 nitrogen and oxygen atoms in total. The Morgan fingerprint density at radius 3 is 2.34 bits per heavy atom. The van der Waals surface area contributed by atoms with Crippen LogP contribution in [-0.4, -0.2) is 31.6 Å². The zero-order valence-corrected chi connectivity index (χ0v) is 25.1. The first-order chi connectivity index (χ1) is 19.8. The van der Waals surface area contributed by atoms with Gasteiger partial charge in [0.25, 0.3) is 0 Å². The van der Waals surface area contributed by atoms with Crippen LogP contribution in [0.3, 0.4) is 0 Å². The molecule has 0 aromatic heterocycles. The van der Waals surface area contributed by atoms with E-state index in [-0.39, 0.29) is 30.4 Å². The molecule has 1 aliphatic carbocycles. The van der Waals surface area contributed by atoms with Gasteiger partial charge < -0.3 is 19.3 Å². The van der Waals surface area contributed by atoms with E-state index in [2.05, 4.69) is 6.92 Å². The van der Waals surface area contributed by atoms with Crippen molar-refractivity contribution in [3.63, 3.8) is 0 Å². The molecule has 5 rings (SSSR count). The highest BCUT2D eigenvalue weighted by molar-refractivity contribution is 6.30. The quantitative estimate of drug-likeness (QED) is 0.262. The number of benzene rings is 3. The summed E-state index contributed by atoms with van der Waals surface area (Å²) < 4.78 is 11.9. The fourth-order valence-corrected chi connectivity index (χ4v) is 6.16. The van der Waals surface area contributed by atoms with Crippen molar-refractivity contribution in [3.05, 3.63) is 82.4 Å². The van der Waals surface area contributed by atoms with E-state index in [0.717, 1.165) is 41.0 Å². The van der Waals surface area contributed by atoms with Crippen molar-refractivity contribution in [1.82, 2.24) is 0 Å². The monoisotopic (exact) mass is 574 g/mol. The molecule has 2 atom stereocenters. The van der Waals surface area contributed by atoms with Gasteiger partial charge in [0, 0.05) is 29.9 Å². The number of fused-ring (bicyclic) bond motifs is 1. The maximum absolute atomic E-state index is 13.8. The highest BCUT2D eigenvalue weighted by Gasteiger charge is 2.36. The van der Waals surface area contributed by atoms with Gasteiger partial charge in [0.15, 0.2) is 11.5 Å². The third-order valence-corrected chi connectivity index (χ3v) is 8.66. The minimum atomic E-state index is -0.387. The SMILES string of the molecule is CCC(C)Oc1cc2c(cc1OC)CC(=O)N(c1ccc(N(CC3CCCC3)C(C)=O)cc1)C2c1ccc(Cl)cc1. The van der Waals surface area contributed by atoms with Crippen molar-refractivity contribution in [3.8, 4) is 11.5 Å². The van der Waals surface area contributed by atoms with E-state index in [1.807, 2.05) is 77.4 Å². The second-order valence-electron chi connectivity index (χ2n) is 11.2. The molecule has 1 fully saturated rings. The molecule has 1 heterocycles. The van der Waals surface area contributed by atoms with E-state index < -0.39 is 0 Å². The lowest BCUT2D eigenvalue weighted by atomic mass is 9.86. The number of carbonyl (C=O) groups excluding carboxylic acids is 2. The summed E-state index contributed by atoms with van der Waals surface area (Å²) in [6.07, 6.45) is 5.90. The Labute approximate surface area is 248 Å². The second-order valence-corrected chi connectivity index (χ2v) is 11.7. The lowest BCUT2D eigenvalue weighted by Crippen LogP contribution is -2.41. The van der Waals surface area contributed by atoms with Crippen LogP contribution in [0.2, 0.25) is 5.02 Å². The van der Waals surface area contributed by atoms with Gasteiger partial charge in [-0.3, -0.25) is 9.59 Å². The van der Waals surface area contributed by atoms with Crippen molar-refractivity contribution in [1.29, 1.82) is 0 Å². The van der Waals surface area contributed by atoms with Gasteiger partial charge in [-0.05, 0) is 97.3 Å². The molecule has 0 bridgehead atoms. The second kappa shape index (κ2) is 12.6. The third kappa shape index (κ3) is 6.23. The van der Waals surface area contributed by atoms with Gasteiger partial charge in [0.1, 0.15) is 0 Å². The van der Waals surface area contributed by atoms with Crippen molar-refractivity contribution < 1.29 is 19.1 Å². The van der Waals surface area contributed by atoms with Crippen LogP contribution in [0.1, 0.15) is 75.6 Å². The number of methoxy groups -OCH3 is 1. The van der Waals surface area contributed by atoms with E-state index in [1.54, 1.807) is 14.0 Å². The first-order valence-corrected chi connectivity index (χ1v) is 15.0. The van der Waals surface area contributed by atoms with Crippen LogP contribution < -0.4 is 19.3 Å². The molecule has 1 saturated carbocycles. The molecule has 0 spiro atoms. The molecule has 7 heteroatoms. The Morgan fingerprint density at radius 2 is 1.73 bits per heavy atom. The maximum Gasteiger partial charge on any atom is 0.232 e. The number of amides is 2. The normalized spacial score (nSPS) is 17.7. The minimum absolute atomic E-state index is 0.0123. The summed E-state index contributed by atoms with van der Waals surface area (Å²) in [4.78, 5) is 30.1. The van der Waals surface area contributed by atoms with E-state index in [0.29, 0.717) is 22.4 Å². The van der Waals surface area contributed by atoms with Crippen molar-refractivity contribution in [2.45, 2.75) is 71.4 Å². The largest absolute Gasteiger partial charge is 0.493 e. The standard InChI is InChI=1S/C34H39ClN2O4/c1-5-22(2)41-32-20-30-26(18-31(32)40-4)19-33(39)37(34(30)25-10-12-27(35)13-11-25)29-16-14-28(15-17-29)36(23(3)38)21-24-8-6-7-9-24/h10-18,20,22,24,34H,5-9,19,21H2,1-4H3. The summed E-state index contributed by atoms with van der Waals surface area (Å²) >= 11 is 6.25. The summed E-state index contributed by atoms with van der Waals surface area (Å²) in [5.41, 5.74) is 4.47. The van der Waals surface area contributed by atoms with E-state index >= 15 is 0 Å². The average molecular weight is 575 g/mol. The van der Waals surface area contributed by atoms with Gasteiger partial charge in [-0.15, -0.1) is 0 Å². The predicted octanol–water partition coefficient (Wildman–Crippen LogP) is 7.75. The highest BCUT2D eigenvalue weighted by atomic mass is 35.5. The maximum atomic E-state index is 13.8. The van der Waals surface area contributed by atoms with Crippen LogP contribution in [-0.2, 0) is 16.0 Å². The first kappa shape index (κ1) is 29.0. The molecule has 0 radical (unpaired) electrons. The molecule has 0 N–H and O–H groups in total. The number of nitrogens with zero attached hydrogens (tertiary/aromatic N) is 2. The minimum Gasteiger partial charge on any atom is -0.493 e. The Morgan fingerprint density at radius 1 is 1.05 bits per heavy atom. The van der Waals surface area contributed by atoms with Crippen LogP contribution in [0.5, 0.6) is 11.5 Å². The Kier molecular flexibility index (Phi) is 8.88. The Hall–Kier alpha value is -3.51. The van der Waals surface area contributed by atoms with Gasteiger partial charge in [0.2, 0.25) is 11.8 Å². The van der Waals surface area contributed by atoms with Gasteiger partial charge in [-0.2, -0.15) is 0 Å². The molecule has 1 aliphatic heterocycles. The van der Waals surface area contributed by atoms with Crippen LogP contribution in [0.25, 0.3) is 0 Å². The number of ether oxygens (including phenoxy) is 2. The molecular weight excluding hydrogens is 536 g/mol. The Bertz CT molecular complexity index is 1380. The summed E-state index contributed by atoms with van der Waals surface area (Å²) in [5.74, 6) is 1.84. The van der Waals surface area contributed by atoms with Crippen LogP contribution in [0.15, 0.2) is 60.7 Å². The molecule has 3 aromatic carbocycles. The molecule has 2 aliphatic rings. The van der Waals surface area contributed by atoms with E-state index in [9.17, 15) is 9.59 Å². The first-order valence-electron chi connectivity index (χ1n) is 14.6. The molecule has 2 amide bonds. The average Bonchev–Trinajstić information content (AvgIpc) is 3.49. The number of hydrogen-bond acceptors (Lipinski definition) is 4. The number of carbonyl (C=O) groups is 2. The Balaban J connectivity index is 1.56. The van der Waals surface area contributed by atoms with E-state index in [4.69, 9.17) is 21.1 Å². The molecule has 41 heavy (non-hydrogen) atoms. The van der Waals surface area contributed by atoms with Crippen LogP contribution in [0.4, 0.5) is 11.4 Å². The summed E-state index contributed by atoms with van der Waals surface area (Å²) in [5, 5.41) is 0.633. The zero-order valence-electron chi connectivity index (χ0n) is 24.4. The number of halogens is 1. The van der Waals surface area contributed by atoms with Crippen molar-refractivity contribution in [2.75, 3.05) is 23.5 Å². The molecule has 3 aromatic rings. The number of hydrogen-bond donors (Lipinski definition) is 0. The topological polar surface area (TPSA) is 59.1 Å². The molecular formula is C34H39ClN2O4. The summed E-state index contributed by atoms with van der Waals surface area (Å²) in [6.45, 7) is 6.47. The molecule has 2 unspecified atom stereocenters. The number of anilines is 2. The summed E-state index contributed by atoms with van der Waals surface area (Å²) in [7, 11) is 1.62. The highest BCUT2D eigenvalue weighted by Crippen LogP contribution is 2.44. The zero-order chi connectivity index (χ0) is 29.1. The number of rotatable bonds is 9. The van der Waals surface area contributed by atoms with Crippen molar-refractivity contribution >= 4 is 34.8 Å². The smallest absolute Gasteiger partial charge is 0.232 e. The van der Waals surface area contributed by atoms with Crippen LogP contribution in [0, 0.1) is 5.92 Å². The predicted molar refractivity (Wildman–Crippen MR) is 164 cm³/mol. The lowest BCUT2D eigenvalue weighted by Gasteiger charge is -2.38. The lowest BCUT2D eigenvalue weighted by molar-refractivity contribution is -0.119. The molecule has 216 valence electrons. The van der Waals surface area contributed by atoms with Gasteiger partial charge in [-0.1, -0.05) is 43.5 Å². The van der Waals surface area contributed by atoms with Gasteiger partial charge in [-0.25, -0.2) is 0 Å². The fourth-order valence-electron chi connectivity index (χ4n) is 6.04. The third-order valence-electron chi connectivity index (χ3n) is 8.41.